The summed E-state index contributed by atoms with van der Waals surface area (Å²) in [6, 6.07) is 99.6. The first-order valence-corrected chi connectivity index (χ1v) is 23.1. The second kappa shape index (κ2) is 17.3. The molecule has 1 nitrogen and oxygen atoms in total. The number of nitrogens with zero attached hydrogens (tertiary/aromatic N) is 1. The summed E-state index contributed by atoms with van der Waals surface area (Å²) >= 11 is 0. The number of hydrogen-bond acceptors (Lipinski definition) is 1. The lowest BCUT2D eigenvalue weighted by Gasteiger charge is -2.29. The Morgan fingerprint density at radius 2 is 0.582 bits per heavy atom. The smallest absolute Gasteiger partial charge is 0.0546 e. The highest BCUT2D eigenvalue weighted by molar-refractivity contribution is 6.04. The summed E-state index contributed by atoms with van der Waals surface area (Å²) < 4.78 is 0. The zero-order chi connectivity index (χ0) is 44.5. The highest BCUT2D eigenvalue weighted by Gasteiger charge is 2.21. The molecule has 0 fully saturated rings. The predicted octanol–water partition coefficient (Wildman–Crippen LogP) is 18.6. The van der Waals surface area contributed by atoms with E-state index in [9.17, 15) is 0 Å². The molecule has 0 aliphatic rings. The summed E-state index contributed by atoms with van der Waals surface area (Å²) in [6.45, 7) is 0. The van der Waals surface area contributed by atoms with E-state index in [4.69, 9.17) is 0 Å². The molecule has 0 saturated carbocycles. The Labute approximate surface area is 392 Å². The van der Waals surface area contributed by atoms with Crippen LogP contribution < -0.4 is 4.90 Å². The Hall–Kier alpha value is -8.78. The second-order valence-corrected chi connectivity index (χ2v) is 17.2. The van der Waals surface area contributed by atoms with E-state index in [2.05, 4.69) is 278 Å². The molecule has 67 heavy (non-hydrogen) atoms. The fourth-order valence-corrected chi connectivity index (χ4v) is 10.00. The van der Waals surface area contributed by atoms with Gasteiger partial charge in [-0.2, -0.15) is 0 Å². The van der Waals surface area contributed by atoms with Crippen molar-refractivity contribution in [3.63, 3.8) is 0 Å². The van der Waals surface area contributed by atoms with E-state index in [1.807, 2.05) is 0 Å². The monoisotopic (exact) mass is 851 g/mol. The Morgan fingerprint density at radius 3 is 1.15 bits per heavy atom. The zero-order valence-corrected chi connectivity index (χ0v) is 36.9. The third kappa shape index (κ3) is 7.53. The summed E-state index contributed by atoms with van der Waals surface area (Å²) in [6.07, 6.45) is 0. The second-order valence-electron chi connectivity index (χ2n) is 17.2. The minimum absolute atomic E-state index is 1.07. The van der Waals surface area contributed by atoms with Crippen LogP contribution in [0.25, 0.3) is 99.1 Å². The molecule has 0 bridgehead atoms. The Kier molecular flexibility index (Phi) is 10.3. The topological polar surface area (TPSA) is 3.24 Å². The molecule has 0 unspecified atom stereocenters. The van der Waals surface area contributed by atoms with Crippen molar-refractivity contribution < 1.29 is 0 Å². The summed E-state index contributed by atoms with van der Waals surface area (Å²) in [5.41, 5.74) is 17.6. The van der Waals surface area contributed by atoms with Crippen LogP contribution in [0.3, 0.4) is 0 Å². The van der Waals surface area contributed by atoms with Crippen LogP contribution in [-0.2, 0) is 0 Å². The van der Waals surface area contributed by atoms with Crippen molar-refractivity contribution in [2.24, 2.45) is 0 Å². The average Bonchev–Trinajstić information content (AvgIpc) is 3.41. The van der Waals surface area contributed by atoms with Crippen molar-refractivity contribution in [1.29, 1.82) is 0 Å². The van der Waals surface area contributed by atoms with Crippen LogP contribution in [-0.4, -0.2) is 0 Å². The highest BCUT2D eigenvalue weighted by Crippen LogP contribution is 2.46. The number of hydrogen-bond donors (Lipinski definition) is 0. The standard InChI is InChI=1S/C66H45N/c1-3-16-47(17-4-1)62-42-36-53(44-65(62)51-18-5-2-6-19-51)46-32-38-55(39-33-46)67(56-40-34-52(35-41-56)59-29-13-23-48-20-7-10-26-57(48)59)66-45-54(61-30-14-24-49-21-8-11-27-58(49)61)37-43-64(66)63-31-15-25-50-22-9-12-28-60(50)63/h1-45H. The van der Waals surface area contributed by atoms with E-state index >= 15 is 0 Å². The Bertz CT molecular complexity index is 3700. The van der Waals surface area contributed by atoms with Gasteiger partial charge in [-0.15, -0.1) is 0 Å². The minimum Gasteiger partial charge on any atom is -0.310 e. The third-order valence-electron chi connectivity index (χ3n) is 13.3. The SMILES string of the molecule is c1ccc(-c2ccc(-c3ccc(N(c4ccc(-c5cccc6ccccc56)cc4)c4cc(-c5cccc6ccccc56)ccc4-c4cccc5ccccc45)cc3)cc2-c2ccccc2)cc1. The van der Waals surface area contributed by atoms with E-state index in [1.54, 1.807) is 0 Å². The van der Waals surface area contributed by atoms with Crippen LogP contribution in [0.1, 0.15) is 0 Å². The van der Waals surface area contributed by atoms with Gasteiger partial charge in [0.2, 0.25) is 0 Å². The molecule has 314 valence electrons. The quantitative estimate of drug-likeness (QED) is 0.140. The van der Waals surface area contributed by atoms with Crippen molar-refractivity contribution in [1.82, 2.24) is 0 Å². The molecule has 0 N–H and O–H groups in total. The lowest BCUT2D eigenvalue weighted by Crippen LogP contribution is -2.11. The van der Waals surface area contributed by atoms with E-state index in [0.717, 1.165) is 33.8 Å². The molecule has 12 rings (SSSR count). The maximum absolute atomic E-state index is 2.45. The van der Waals surface area contributed by atoms with Gasteiger partial charge in [0.1, 0.15) is 0 Å². The first-order chi connectivity index (χ1) is 33.2. The Morgan fingerprint density at radius 1 is 0.194 bits per heavy atom. The number of fused-ring (bicyclic) bond motifs is 3. The summed E-state index contributed by atoms with van der Waals surface area (Å²) in [5.74, 6) is 0. The van der Waals surface area contributed by atoms with Crippen LogP contribution >= 0.6 is 0 Å². The number of rotatable bonds is 9. The van der Waals surface area contributed by atoms with Crippen molar-refractivity contribution >= 4 is 49.4 Å². The van der Waals surface area contributed by atoms with Gasteiger partial charge in [0.05, 0.1) is 5.69 Å². The van der Waals surface area contributed by atoms with Crippen LogP contribution in [0.5, 0.6) is 0 Å². The summed E-state index contributed by atoms with van der Waals surface area (Å²) in [7, 11) is 0. The van der Waals surface area contributed by atoms with Gasteiger partial charge in [-0.3, -0.25) is 0 Å². The van der Waals surface area contributed by atoms with Crippen LogP contribution in [0, 0.1) is 0 Å². The molecule has 0 amide bonds. The van der Waals surface area contributed by atoms with Gasteiger partial charge < -0.3 is 4.90 Å². The first kappa shape index (κ1) is 39.8. The lowest BCUT2D eigenvalue weighted by atomic mass is 9.91. The van der Waals surface area contributed by atoms with Crippen molar-refractivity contribution in [3.8, 4) is 66.8 Å². The van der Waals surface area contributed by atoms with Gasteiger partial charge in [-0.25, -0.2) is 0 Å². The van der Waals surface area contributed by atoms with Crippen LogP contribution in [0.15, 0.2) is 273 Å². The first-order valence-electron chi connectivity index (χ1n) is 23.1. The Balaban J connectivity index is 1.05. The number of anilines is 3. The average molecular weight is 852 g/mol. The molecule has 0 saturated heterocycles. The summed E-state index contributed by atoms with van der Waals surface area (Å²) in [5, 5.41) is 7.38. The number of benzene rings is 12. The van der Waals surface area contributed by atoms with Gasteiger partial charge in [0, 0.05) is 16.9 Å². The molecule has 0 aliphatic carbocycles. The molecule has 0 heterocycles. The molecule has 0 aromatic heterocycles. The summed E-state index contributed by atoms with van der Waals surface area (Å²) in [4.78, 5) is 2.45. The third-order valence-corrected chi connectivity index (χ3v) is 13.3. The molecule has 12 aromatic carbocycles. The van der Waals surface area contributed by atoms with E-state index in [1.165, 1.54) is 82.4 Å². The largest absolute Gasteiger partial charge is 0.310 e. The van der Waals surface area contributed by atoms with Crippen molar-refractivity contribution in [2.45, 2.75) is 0 Å². The van der Waals surface area contributed by atoms with Gasteiger partial charge in [0.15, 0.2) is 0 Å². The van der Waals surface area contributed by atoms with Crippen LogP contribution in [0.2, 0.25) is 0 Å². The predicted molar refractivity (Wildman–Crippen MR) is 286 cm³/mol. The fourth-order valence-electron chi connectivity index (χ4n) is 10.00. The van der Waals surface area contributed by atoms with Crippen molar-refractivity contribution in [3.05, 3.63) is 273 Å². The highest BCUT2D eigenvalue weighted by atomic mass is 15.1. The van der Waals surface area contributed by atoms with E-state index in [-0.39, 0.29) is 0 Å². The molecular formula is C66H45N. The maximum Gasteiger partial charge on any atom is 0.0546 e. The molecule has 12 aromatic rings. The van der Waals surface area contributed by atoms with Gasteiger partial charge >= 0.3 is 0 Å². The maximum atomic E-state index is 2.45. The normalized spacial score (nSPS) is 11.3. The van der Waals surface area contributed by atoms with E-state index < -0.39 is 0 Å². The van der Waals surface area contributed by atoms with Crippen LogP contribution in [0.4, 0.5) is 17.1 Å². The molecule has 0 radical (unpaired) electrons. The molecule has 0 aliphatic heterocycles. The molecular weight excluding hydrogens is 807 g/mol. The van der Waals surface area contributed by atoms with Crippen molar-refractivity contribution in [2.75, 3.05) is 4.90 Å². The van der Waals surface area contributed by atoms with Gasteiger partial charge in [-0.1, -0.05) is 237 Å². The van der Waals surface area contributed by atoms with E-state index in [0.29, 0.717) is 0 Å². The van der Waals surface area contributed by atoms with Gasteiger partial charge in [0.25, 0.3) is 0 Å². The minimum atomic E-state index is 1.07. The van der Waals surface area contributed by atoms with Gasteiger partial charge in [-0.05, 0) is 130 Å². The molecule has 1 heteroatoms. The molecule has 0 atom stereocenters. The lowest BCUT2D eigenvalue weighted by molar-refractivity contribution is 1.28. The zero-order valence-electron chi connectivity index (χ0n) is 36.9. The fraction of sp³-hybridized carbons (Fsp3) is 0. The molecule has 0 spiro atoms.